The van der Waals surface area contributed by atoms with Crippen molar-refractivity contribution in [2.75, 3.05) is 13.2 Å². The van der Waals surface area contributed by atoms with Crippen LogP contribution in [0.1, 0.15) is 117 Å². The standard InChI is InChI=1S/C39H61O8P/c1-3-5-7-9-11-13-15-17-19-21-23-25-27-29-31-33-38(40)45-35-37(36-46-48(42,43)44)47-39(41)34-32-30-28-26-24-22-20-18-16-14-12-10-8-6-4-2/h5-8,10-14,16-20,23,25,37H,3-4,9,15,21-22,24,26-36H2,1-2H3,(H2,42,43,44)/b7-5+,8-6+,12-10+,13-11+,16-14+,19-17+,20-18+,25-23+/t37-/m1/s1. The molecule has 9 heteroatoms. The van der Waals surface area contributed by atoms with Crippen molar-refractivity contribution in [3.8, 4) is 0 Å². The highest BCUT2D eigenvalue weighted by Gasteiger charge is 2.22. The molecule has 0 bridgehead atoms. The minimum absolute atomic E-state index is 0.170. The number of carbonyl (C=O) groups is 2. The third-order valence-electron chi connectivity index (χ3n) is 6.69. The van der Waals surface area contributed by atoms with Crippen LogP contribution in [0, 0.1) is 0 Å². The lowest BCUT2D eigenvalue weighted by molar-refractivity contribution is -0.161. The van der Waals surface area contributed by atoms with Crippen LogP contribution in [0.15, 0.2) is 97.2 Å². The van der Waals surface area contributed by atoms with E-state index in [4.69, 9.17) is 19.3 Å². The molecule has 8 nitrogen and oxygen atoms in total. The average molecular weight is 689 g/mol. The summed E-state index contributed by atoms with van der Waals surface area (Å²) in [5.74, 6) is -0.975. The van der Waals surface area contributed by atoms with Gasteiger partial charge in [0, 0.05) is 12.8 Å². The first-order chi connectivity index (χ1) is 23.3. The monoisotopic (exact) mass is 688 g/mol. The van der Waals surface area contributed by atoms with E-state index in [1.807, 2.05) is 36.5 Å². The molecule has 0 heterocycles. The molecule has 2 N–H and O–H groups in total. The SMILES string of the molecule is CC/C=C/C=C/C=C/C=C/CCCCCCCC(=O)O[C@H](COC(=O)CCCC/C=C/C/C=C/C/C=C/C/C=C/CC)COP(=O)(O)O. The summed E-state index contributed by atoms with van der Waals surface area (Å²) >= 11 is 0. The summed E-state index contributed by atoms with van der Waals surface area (Å²) in [6, 6.07) is 0. The van der Waals surface area contributed by atoms with Crippen molar-refractivity contribution in [2.24, 2.45) is 0 Å². The summed E-state index contributed by atoms with van der Waals surface area (Å²) in [5, 5.41) is 0. The molecule has 0 fully saturated rings. The Hall–Kier alpha value is -3.03. The van der Waals surface area contributed by atoms with Gasteiger partial charge in [-0.05, 0) is 70.6 Å². The van der Waals surface area contributed by atoms with Gasteiger partial charge in [0.15, 0.2) is 6.10 Å². The number of hydrogen-bond donors (Lipinski definition) is 2. The molecule has 0 aromatic rings. The Kier molecular flexibility index (Phi) is 31.7. The van der Waals surface area contributed by atoms with Crippen molar-refractivity contribution in [1.82, 2.24) is 0 Å². The zero-order chi connectivity index (χ0) is 35.4. The molecule has 0 radical (unpaired) electrons. The summed E-state index contributed by atoms with van der Waals surface area (Å²) in [6.45, 7) is 3.34. The zero-order valence-corrected chi connectivity index (χ0v) is 30.2. The van der Waals surface area contributed by atoms with Crippen molar-refractivity contribution < 1.29 is 37.9 Å². The molecule has 0 aromatic carbocycles. The number of esters is 2. The zero-order valence-electron chi connectivity index (χ0n) is 29.3. The number of phosphoric acid groups is 1. The molecule has 0 aliphatic heterocycles. The van der Waals surface area contributed by atoms with Crippen LogP contribution in [0.25, 0.3) is 0 Å². The minimum Gasteiger partial charge on any atom is -0.462 e. The van der Waals surface area contributed by atoms with Crippen molar-refractivity contribution in [1.29, 1.82) is 0 Å². The molecule has 0 saturated carbocycles. The predicted octanol–water partition coefficient (Wildman–Crippen LogP) is 10.3. The second-order valence-electron chi connectivity index (χ2n) is 11.2. The quantitative estimate of drug-likeness (QED) is 0.0252. The highest BCUT2D eigenvalue weighted by Crippen LogP contribution is 2.35. The van der Waals surface area contributed by atoms with Crippen LogP contribution in [0.5, 0.6) is 0 Å². The maximum Gasteiger partial charge on any atom is 0.469 e. The molecule has 270 valence electrons. The number of phosphoric ester groups is 1. The number of hydrogen-bond acceptors (Lipinski definition) is 6. The maximum absolute atomic E-state index is 12.3. The summed E-state index contributed by atoms with van der Waals surface area (Å²) < 4.78 is 26.2. The van der Waals surface area contributed by atoms with Crippen LogP contribution in [0.4, 0.5) is 0 Å². The van der Waals surface area contributed by atoms with Gasteiger partial charge in [-0.1, -0.05) is 130 Å². The second kappa shape index (κ2) is 33.9. The van der Waals surface area contributed by atoms with Gasteiger partial charge in [-0.3, -0.25) is 14.1 Å². The number of allylic oxidation sites excluding steroid dienone is 16. The van der Waals surface area contributed by atoms with Crippen molar-refractivity contribution >= 4 is 19.8 Å². The van der Waals surface area contributed by atoms with E-state index in [1.165, 1.54) is 0 Å². The Balaban J connectivity index is 4.15. The van der Waals surface area contributed by atoms with Crippen LogP contribution in [-0.2, 0) is 28.2 Å². The number of rotatable bonds is 30. The fourth-order valence-corrected chi connectivity index (χ4v) is 4.50. The molecular weight excluding hydrogens is 627 g/mol. The van der Waals surface area contributed by atoms with E-state index >= 15 is 0 Å². The first kappa shape index (κ1) is 45.0. The first-order valence-electron chi connectivity index (χ1n) is 17.6. The Labute approximate surface area is 290 Å². The van der Waals surface area contributed by atoms with Gasteiger partial charge < -0.3 is 19.3 Å². The molecular formula is C39H61O8P. The highest BCUT2D eigenvalue weighted by molar-refractivity contribution is 7.46. The van der Waals surface area contributed by atoms with E-state index in [2.05, 4.69) is 79.1 Å². The molecule has 0 aliphatic carbocycles. The van der Waals surface area contributed by atoms with Crippen molar-refractivity contribution in [2.45, 2.75) is 123 Å². The van der Waals surface area contributed by atoms with Gasteiger partial charge in [0.1, 0.15) is 6.61 Å². The highest BCUT2D eigenvalue weighted by atomic mass is 31.2. The van der Waals surface area contributed by atoms with Crippen LogP contribution < -0.4 is 0 Å². The Morgan fingerprint density at radius 1 is 0.562 bits per heavy atom. The van der Waals surface area contributed by atoms with Crippen molar-refractivity contribution in [3.05, 3.63) is 97.2 Å². The van der Waals surface area contributed by atoms with E-state index < -0.39 is 32.5 Å². The molecule has 0 unspecified atom stereocenters. The molecule has 0 saturated heterocycles. The topological polar surface area (TPSA) is 119 Å². The van der Waals surface area contributed by atoms with Crippen LogP contribution in [0.2, 0.25) is 0 Å². The number of carbonyl (C=O) groups excluding carboxylic acids is 2. The predicted molar refractivity (Wildman–Crippen MR) is 197 cm³/mol. The van der Waals surface area contributed by atoms with Crippen molar-refractivity contribution in [3.63, 3.8) is 0 Å². The third-order valence-corrected chi connectivity index (χ3v) is 7.18. The van der Waals surface area contributed by atoms with E-state index in [0.717, 1.165) is 77.0 Å². The van der Waals surface area contributed by atoms with Gasteiger partial charge in [-0.2, -0.15) is 0 Å². The Morgan fingerprint density at radius 2 is 1.04 bits per heavy atom. The summed E-state index contributed by atoms with van der Waals surface area (Å²) in [7, 11) is -4.77. The Bertz CT molecular complexity index is 1090. The molecule has 0 aliphatic rings. The van der Waals surface area contributed by atoms with Gasteiger partial charge >= 0.3 is 19.8 Å². The summed E-state index contributed by atoms with van der Waals surface area (Å²) in [4.78, 5) is 42.6. The second-order valence-corrected chi connectivity index (χ2v) is 12.4. The van der Waals surface area contributed by atoms with Gasteiger partial charge in [0.05, 0.1) is 6.61 Å². The largest absolute Gasteiger partial charge is 0.469 e. The fraction of sp³-hybridized carbons (Fsp3) is 0.538. The lowest BCUT2D eigenvalue weighted by atomic mass is 10.1. The molecule has 0 aromatic heterocycles. The normalized spacial score (nSPS) is 13.7. The third kappa shape index (κ3) is 35.8. The van der Waals surface area contributed by atoms with E-state index in [-0.39, 0.29) is 19.4 Å². The van der Waals surface area contributed by atoms with E-state index in [1.54, 1.807) is 0 Å². The smallest absolute Gasteiger partial charge is 0.462 e. The number of unbranched alkanes of at least 4 members (excludes halogenated alkanes) is 7. The molecule has 0 amide bonds. The van der Waals surface area contributed by atoms with Gasteiger partial charge in [-0.25, -0.2) is 4.57 Å². The van der Waals surface area contributed by atoms with Crippen LogP contribution >= 0.6 is 7.82 Å². The summed E-state index contributed by atoms with van der Waals surface area (Å²) in [6.07, 6.45) is 45.6. The number of ether oxygens (including phenoxy) is 2. The minimum atomic E-state index is -4.77. The van der Waals surface area contributed by atoms with Gasteiger partial charge in [0.25, 0.3) is 0 Å². The van der Waals surface area contributed by atoms with Gasteiger partial charge in [0.2, 0.25) is 0 Å². The first-order valence-corrected chi connectivity index (χ1v) is 19.1. The summed E-state index contributed by atoms with van der Waals surface area (Å²) in [5.41, 5.74) is 0. The molecule has 0 rings (SSSR count). The fourth-order valence-electron chi connectivity index (χ4n) is 4.14. The maximum atomic E-state index is 12.3. The molecule has 1 atom stereocenters. The van der Waals surface area contributed by atoms with E-state index in [0.29, 0.717) is 12.8 Å². The van der Waals surface area contributed by atoms with Gasteiger partial charge in [-0.15, -0.1) is 0 Å². The van der Waals surface area contributed by atoms with E-state index in [9.17, 15) is 14.2 Å². The van der Waals surface area contributed by atoms with Crippen LogP contribution in [0.3, 0.4) is 0 Å². The lowest BCUT2D eigenvalue weighted by Gasteiger charge is -2.18. The molecule has 0 spiro atoms. The lowest BCUT2D eigenvalue weighted by Crippen LogP contribution is -2.29. The Morgan fingerprint density at radius 3 is 1.69 bits per heavy atom. The average Bonchev–Trinajstić information content (AvgIpc) is 3.05. The molecule has 48 heavy (non-hydrogen) atoms. The van der Waals surface area contributed by atoms with Crippen LogP contribution in [-0.4, -0.2) is 41.0 Å².